The molecule has 4 heteroatoms. The molecule has 0 radical (unpaired) electrons. The highest BCUT2D eigenvalue weighted by atomic mass is 16.5. The lowest BCUT2D eigenvalue weighted by Gasteiger charge is -2.00. The second kappa shape index (κ2) is 3.65. The Morgan fingerprint density at radius 2 is 2.27 bits per heavy atom. The van der Waals surface area contributed by atoms with Crippen LogP contribution in [0, 0.1) is 0 Å². The van der Waals surface area contributed by atoms with Crippen molar-refractivity contribution in [1.29, 1.82) is 0 Å². The Bertz CT molecular complexity index is 514. The minimum absolute atomic E-state index is 0.578. The summed E-state index contributed by atoms with van der Waals surface area (Å²) in [6.07, 6.45) is 1.82. The molecule has 1 aromatic carbocycles. The van der Waals surface area contributed by atoms with Crippen LogP contribution in [0.5, 0.6) is 5.75 Å². The van der Waals surface area contributed by atoms with Crippen LogP contribution >= 0.6 is 0 Å². The minimum atomic E-state index is 0.578. The van der Waals surface area contributed by atoms with Crippen molar-refractivity contribution in [1.82, 2.24) is 4.98 Å². The molecule has 2 N–H and O–H groups in total. The number of oxime groups is 1. The Kier molecular flexibility index (Phi) is 2.33. The van der Waals surface area contributed by atoms with Gasteiger partial charge in [0.05, 0.1) is 12.8 Å². The number of hydrogen-bond donors (Lipinski definition) is 2. The largest absolute Gasteiger partial charge is 0.497 e. The Hall–Kier alpha value is -1.97. The lowest BCUT2D eigenvalue weighted by atomic mass is 10.1. The van der Waals surface area contributed by atoms with Gasteiger partial charge < -0.3 is 14.9 Å². The van der Waals surface area contributed by atoms with Crippen LogP contribution in [0.15, 0.2) is 29.6 Å². The van der Waals surface area contributed by atoms with E-state index in [1.807, 2.05) is 24.4 Å². The van der Waals surface area contributed by atoms with E-state index in [1.54, 1.807) is 14.0 Å². The van der Waals surface area contributed by atoms with Gasteiger partial charge in [0, 0.05) is 22.7 Å². The number of aromatic amines is 1. The number of H-pyrrole nitrogens is 1. The van der Waals surface area contributed by atoms with Crippen molar-refractivity contribution in [3.8, 4) is 5.75 Å². The fourth-order valence-electron chi connectivity index (χ4n) is 1.58. The number of nitrogens with zero attached hydrogens (tertiary/aromatic N) is 1. The van der Waals surface area contributed by atoms with E-state index in [2.05, 4.69) is 10.1 Å². The zero-order valence-electron chi connectivity index (χ0n) is 8.61. The zero-order chi connectivity index (χ0) is 10.8. The molecule has 15 heavy (non-hydrogen) atoms. The first-order valence-corrected chi connectivity index (χ1v) is 4.60. The van der Waals surface area contributed by atoms with Gasteiger partial charge in [0.25, 0.3) is 0 Å². The molecule has 4 nitrogen and oxygen atoms in total. The lowest BCUT2D eigenvalue weighted by Crippen LogP contribution is -1.92. The summed E-state index contributed by atoms with van der Waals surface area (Å²) in [5.41, 5.74) is 2.45. The highest BCUT2D eigenvalue weighted by Gasteiger charge is 2.07. The zero-order valence-corrected chi connectivity index (χ0v) is 8.61. The number of benzene rings is 1. The fourth-order valence-corrected chi connectivity index (χ4v) is 1.58. The predicted octanol–water partition coefficient (Wildman–Crippen LogP) is 2.37. The maximum absolute atomic E-state index is 8.74. The van der Waals surface area contributed by atoms with Crippen LogP contribution in [0.4, 0.5) is 0 Å². The van der Waals surface area contributed by atoms with Crippen molar-refractivity contribution in [2.75, 3.05) is 7.11 Å². The van der Waals surface area contributed by atoms with Gasteiger partial charge in [-0.15, -0.1) is 0 Å². The molecule has 2 aromatic rings. The van der Waals surface area contributed by atoms with Gasteiger partial charge in [0.2, 0.25) is 0 Å². The lowest BCUT2D eigenvalue weighted by molar-refractivity contribution is 0.319. The predicted molar refractivity (Wildman–Crippen MR) is 58.8 cm³/mol. The molecule has 78 valence electrons. The molecular weight excluding hydrogens is 192 g/mol. The average Bonchev–Trinajstić information content (AvgIpc) is 2.70. The second-order valence-electron chi connectivity index (χ2n) is 3.30. The molecule has 0 aliphatic rings. The number of fused-ring (bicyclic) bond motifs is 1. The SMILES string of the molecule is COc1ccc2[nH]cc(/C(C)=N/O)c2c1. The third-order valence-corrected chi connectivity index (χ3v) is 2.43. The first-order valence-electron chi connectivity index (χ1n) is 4.60. The van der Waals surface area contributed by atoms with Crippen molar-refractivity contribution in [2.24, 2.45) is 5.16 Å². The Morgan fingerprint density at radius 3 is 2.93 bits per heavy atom. The minimum Gasteiger partial charge on any atom is -0.497 e. The summed E-state index contributed by atoms with van der Waals surface area (Å²) in [4.78, 5) is 3.11. The van der Waals surface area contributed by atoms with Gasteiger partial charge in [-0.3, -0.25) is 0 Å². The number of ether oxygens (including phenoxy) is 1. The Balaban J connectivity index is 2.66. The molecule has 0 aliphatic carbocycles. The van der Waals surface area contributed by atoms with E-state index in [0.717, 1.165) is 22.2 Å². The van der Waals surface area contributed by atoms with E-state index >= 15 is 0 Å². The first-order chi connectivity index (χ1) is 7.26. The van der Waals surface area contributed by atoms with Crippen LogP contribution in [-0.4, -0.2) is 23.0 Å². The molecular formula is C11H12N2O2. The monoisotopic (exact) mass is 204 g/mol. The van der Waals surface area contributed by atoms with E-state index in [4.69, 9.17) is 9.94 Å². The highest BCUT2D eigenvalue weighted by Crippen LogP contribution is 2.23. The Labute approximate surface area is 87.2 Å². The molecule has 0 atom stereocenters. The van der Waals surface area contributed by atoms with Gasteiger partial charge in [-0.25, -0.2) is 0 Å². The van der Waals surface area contributed by atoms with Gasteiger partial charge in [-0.1, -0.05) is 5.16 Å². The van der Waals surface area contributed by atoms with Gasteiger partial charge in [-0.05, 0) is 25.1 Å². The quantitative estimate of drug-likeness (QED) is 0.448. The normalized spacial score (nSPS) is 12.0. The number of rotatable bonds is 2. The van der Waals surface area contributed by atoms with E-state index in [-0.39, 0.29) is 0 Å². The molecule has 0 bridgehead atoms. The topological polar surface area (TPSA) is 57.6 Å². The van der Waals surface area contributed by atoms with Crippen LogP contribution in [-0.2, 0) is 0 Å². The average molecular weight is 204 g/mol. The molecule has 2 rings (SSSR count). The Morgan fingerprint density at radius 1 is 1.47 bits per heavy atom. The van der Waals surface area contributed by atoms with Gasteiger partial charge in [0.15, 0.2) is 0 Å². The molecule has 0 saturated carbocycles. The second-order valence-corrected chi connectivity index (χ2v) is 3.30. The highest BCUT2D eigenvalue weighted by molar-refractivity contribution is 6.09. The standard InChI is InChI=1S/C11H12N2O2/c1-7(13-14)10-6-12-11-4-3-8(15-2)5-9(10)11/h3-6,12,14H,1-2H3/b13-7+. The molecule has 1 heterocycles. The number of aromatic nitrogens is 1. The van der Waals surface area contributed by atoms with Crippen molar-refractivity contribution >= 4 is 16.6 Å². The van der Waals surface area contributed by atoms with Gasteiger partial charge in [-0.2, -0.15) is 0 Å². The number of hydrogen-bond acceptors (Lipinski definition) is 3. The van der Waals surface area contributed by atoms with Crippen molar-refractivity contribution in [2.45, 2.75) is 6.92 Å². The van der Waals surface area contributed by atoms with Crippen LogP contribution in [0.2, 0.25) is 0 Å². The van der Waals surface area contributed by atoms with Crippen molar-refractivity contribution in [3.63, 3.8) is 0 Å². The number of nitrogens with one attached hydrogen (secondary N) is 1. The maximum Gasteiger partial charge on any atom is 0.119 e. The maximum atomic E-state index is 8.74. The summed E-state index contributed by atoms with van der Waals surface area (Å²) in [6.45, 7) is 1.75. The summed E-state index contributed by atoms with van der Waals surface area (Å²) in [5.74, 6) is 0.786. The summed E-state index contributed by atoms with van der Waals surface area (Å²) in [7, 11) is 1.63. The molecule has 1 aromatic heterocycles. The smallest absolute Gasteiger partial charge is 0.119 e. The van der Waals surface area contributed by atoms with E-state index in [0.29, 0.717) is 5.71 Å². The molecule has 0 amide bonds. The van der Waals surface area contributed by atoms with E-state index in [1.165, 1.54) is 0 Å². The molecule has 0 unspecified atom stereocenters. The van der Waals surface area contributed by atoms with Gasteiger partial charge >= 0.3 is 0 Å². The van der Waals surface area contributed by atoms with Gasteiger partial charge in [0.1, 0.15) is 5.75 Å². The summed E-state index contributed by atoms with van der Waals surface area (Å²) >= 11 is 0. The molecule has 0 aliphatic heterocycles. The summed E-state index contributed by atoms with van der Waals surface area (Å²) < 4.78 is 5.14. The first kappa shape index (κ1) is 9.58. The third kappa shape index (κ3) is 1.54. The summed E-state index contributed by atoms with van der Waals surface area (Å²) in [5, 5.41) is 12.9. The molecule has 0 fully saturated rings. The van der Waals surface area contributed by atoms with Crippen molar-refractivity contribution < 1.29 is 9.94 Å². The van der Waals surface area contributed by atoms with E-state index < -0.39 is 0 Å². The van der Waals surface area contributed by atoms with Crippen molar-refractivity contribution in [3.05, 3.63) is 30.0 Å². The molecule has 0 spiro atoms. The van der Waals surface area contributed by atoms with E-state index in [9.17, 15) is 0 Å². The van der Waals surface area contributed by atoms with Crippen LogP contribution in [0.1, 0.15) is 12.5 Å². The fraction of sp³-hybridized carbons (Fsp3) is 0.182. The van der Waals surface area contributed by atoms with Crippen LogP contribution in [0.25, 0.3) is 10.9 Å². The van der Waals surface area contributed by atoms with Crippen LogP contribution < -0.4 is 4.74 Å². The third-order valence-electron chi connectivity index (χ3n) is 2.43. The van der Waals surface area contributed by atoms with Crippen LogP contribution in [0.3, 0.4) is 0 Å². The molecule has 0 saturated heterocycles. The number of methoxy groups -OCH3 is 1. The summed E-state index contributed by atoms with van der Waals surface area (Å²) in [6, 6.07) is 5.73.